The van der Waals surface area contributed by atoms with Crippen LogP contribution >= 0.6 is 11.3 Å². The molecular weight excluding hydrogens is 262 g/mol. The van der Waals surface area contributed by atoms with Crippen LogP contribution in [0.4, 0.5) is 0 Å². The maximum absolute atomic E-state index is 12.2. The lowest BCUT2D eigenvalue weighted by Gasteiger charge is -2.27. The van der Waals surface area contributed by atoms with Crippen molar-refractivity contribution in [3.8, 4) is 0 Å². The first kappa shape index (κ1) is 13.5. The molecule has 0 saturated heterocycles. The minimum Gasteiger partial charge on any atom is -0.340 e. The van der Waals surface area contributed by atoms with E-state index < -0.39 is 5.54 Å². The molecule has 0 aliphatic carbocycles. The van der Waals surface area contributed by atoms with E-state index in [-0.39, 0.29) is 11.5 Å². The Hall–Kier alpha value is -1.95. The van der Waals surface area contributed by atoms with Gasteiger partial charge in [-0.2, -0.15) is 0 Å². The first-order valence-electron chi connectivity index (χ1n) is 5.96. The van der Waals surface area contributed by atoms with Crippen LogP contribution in [0.2, 0.25) is 0 Å². The summed E-state index contributed by atoms with van der Waals surface area (Å²) < 4.78 is 0. The van der Waals surface area contributed by atoms with E-state index >= 15 is 0 Å². The van der Waals surface area contributed by atoms with E-state index in [0.717, 1.165) is 11.4 Å². The monoisotopic (exact) mass is 277 g/mol. The van der Waals surface area contributed by atoms with Gasteiger partial charge >= 0.3 is 0 Å². The molecule has 2 rings (SSSR count). The molecule has 2 heterocycles. The van der Waals surface area contributed by atoms with Gasteiger partial charge in [-0.25, -0.2) is 4.98 Å². The topological polar surface area (TPSA) is 74.8 Å². The highest BCUT2D eigenvalue weighted by Crippen LogP contribution is 2.26. The zero-order valence-electron chi connectivity index (χ0n) is 10.8. The van der Waals surface area contributed by atoms with Gasteiger partial charge in [-0.3, -0.25) is 9.59 Å². The molecule has 19 heavy (non-hydrogen) atoms. The predicted molar refractivity (Wildman–Crippen MR) is 74.3 cm³/mol. The summed E-state index contributed by atoms with van der Waals surface area (Å²) in [5.74, 6) is -0.226. The van der Waals surface area contributed by atoms with E-state index in [0.29, 0.717) is 5.56 Å². The molecule has 2 aromatic rings. The second kappa shape index (κ2) is 5.36. The summed E-state index contributed by atoms with van der Waals surface area (Å²) in [5.41, 5.74) is -0.299. The quantitative estimate of drug-likeness (QED) is 0.896. The van der Waals surface area contributed by atoms with Crippen LogP contribution < -0.4 is 10.9 Å². The van der Waals surface area contributed by atoms with Crippen LogP contribution in [0.5, 0.6) is 0 Å². The summed E-state index contributed by atoms with van der Waals surface area (Å²) in [7, 11) is 0. The van der Waals surface area contributed by atoms with Crippen molar-refractivity contribution < 1.29 is 4.79 Å². The molecule has 100 valence electrons. The molecule has 6 heteroatoms. The number of nitrogens with zero attached hydrogens (tertiary/aromatic N) is 1. The summed E-state index contributed by atoms with van der Waals surface area (Å²) >= 11 is 1.51. The Kier molecular flexibility index (Phi) is 3.80. The number of pyridine rings is 1. The molecule has 5 nitrogen and oxygen atoms in total. The van der Waals surface area contributed by atoms with Crippen LogP contribution in [0.3, 0.4) is 0 Å². The average molecular weight is 277 g/mol. The maximum Gasteiger partial charge on any atom is 0.253 e. The second-order valence-electron chi connectivity index (χ2n) is 4.42. The van der Waals surface area contributed by atoms with Crippen LogP contribution in [0.15, 0.2) is 34.7 Å². The van der Waals surface area contributed by atoms with Crippen molar-refractivity contribution in [1.82, 2.24) is 15.3 Å². The Morgan fingerprint density at radius 1 is 1.53 bits per heavy atom. The molecule has 0 saturated carbocycles. The van der Waals surface area contributed by atoms with Crippen LogP contribution in [-0.2, 0) is 5.54 Å². The highest BCUT2D eigenvalue weighted by Gasteiger charge is 2.29. The Morgan fingerprint density at radius 2 is 2.32 bits per heavy atom. The van der Waals surface area contributed by atoms with Crippen molar-refractivity contribution in [3.63, 3.8) is 0 Å². The lowest BCUT2D eigenvalue weighted by molar-refractivity contribution is 0.0901. The van der Waals surface area contributed by atoms with E-state index in [4.69, 9.17) is 0 Å². The lowest BCUT2D eigenvalue weighted by Crippen LogP contribution is -2.43. The number of hydrogen-bond donors (Lipinski definition) is 2. The molecule has 1 unspecified atom stereocenters. The molecule has 0 spiro atoms. The zero-order chi connectivity index (χ0) is 13.9. The van der Waals surface area contributed by atoms with Gasteiger partial charge in [0.05, 0.1) is 11.1 Å². The van der Waals surface area contributed by atoms with Gasteiger partial charge in [0.25, 0.3) is 5.91 Å². The number of carbonyl (C=O) groups is 1. The third-order valence-electron chi connectivity index (χ3n) is 3.05. The number of hydrogen-bond acceptors (Lipinski definition) is 4. The Balaban J connectivity index is 2.21. The van der Waals surface area contributed by atoms with Crippen LogP contribution in [0.1, 0.15) is 35.6 Å². The molecule has 0 fully saturated rings. The third kappa shape index (κ3) is 2.90. The molecule has 0 aliphatic rings. The SMILES string of the molecule is CCC(C)(NC(=O)c1ccc(=O)[nH]c1)c1nccs1. The molecule has 0 aliphatic heterocycles. The Bertz CT molecular complexity index is 601. The molecule has 1 atom stereocenters. The average Bonchev–Trinajstić information content (AvgIpc) is 2.93. The van der Waals surface area contributed by atoms with Gasteiger partial charge in [0, 0.05) is 23.8 Å². The van der Waals surface area contributed by atoms with Crippen molar-refractivity contribution in [2.24, 2.45) is 0 Å². The van der Waals surface area contributed by atoms with Gasteiger partial charge in [-0.15, -0.1) is 11.3 Å². The fourth-order valence-electron chi connectivity index (χ4n) is 1.66. The van der Waals surface area contributed by atoms with E-state index in [1.165, 1.54) is 29.7 Å². The number of H-pyrrole nitrogens is 1. The number of thiazole rings is 1. The molecular formula is C13H15N3O2S. The summed E-state index contributed by atoms with van der Waals surface area (Å²) in [5, 5.41) is 5.72. The number of aromatic amines is 1. The van der Waals surface area contributed by atoms with Crippen molar-refractivity contribution in [3.05, 3.63) is 50.8 Å². The Morgan fingerprint density at radius 3 is 2.84 bits per heavy atom. The first-order chi connectivity index (χ1) is 9.05. The normalized spacial score (nSPS) is 13.8. The van der Waals surface area contributed by atoms with E-state index in [2.05, 4.69) is 15.3 Å². The minimum atomic E-state index is -0.499. The predicted octanol–water partition coefficient (Wildman–Crippen LogP) is 1.89. The number of carbonyl (C=O) groups excluding carboxylic acids is 1. The van der Waals surface area contributed by atoms with Gasteiger partial charge in [-0.05, 0) is 19.4 Å². The highest BCUT2D eigenvalue weighted by molar-refractivity contribution is 7.09. The zero-order valence-corrected chi connectivity index (χ0v) is 11.6. The number of amides is 1. The number of aromatic nitrogens is 2. The van der Waals surface area contributed by atoms with E-state index in [1.807, 2.05) is 19.2 Å². The fraction of sp³-hybridized carbons (Fsp3) is 0.308. The molecule has 0 radical (unpaired) electrons. The number of rotatable bonds is 4. The molecule has 2 N–H and O–H groups in total. The minimum absolute atomic E-state index is 0.226. The molecule has 0 aromatic carbocycles. The molecule has 2 aromatic heterocycles. The van der Waals surface area contributed by atoms with Crippen molar-refractivity contribution in [2.75, 3.05) is 0 Å². The van der Waals surface area contributed by atoms with Gasteiger partial charge in [0.15, 0.2) is 0 Å². The summed E-state index contributed by atoms with van der Waals surface area (Å²) in [6.45, 7) is 3.93. The smallest absolute Gasteiger partial charge is 0.253 e. The Labute approximate surface area is 114 Å². The van der Waals surface area contributed by atoms with Gasteiger partial charge in [0.1, 0.15) is 5.01 Å². The maximum atomic E-state index is 12.2. The fourth-order valence-corrected chi connectivity index (χ4v) is 2.49. The van der Waals surface area contributed by atoms with E-state index in [1.54, 1.807) is 6.20 Å². The summed E-state index contributed by atoms with van der Waals surface area (Å²) in [6.07, 6.45) is 3.87. The lowest BCUT2D eigenvalue weighted by atomic mass is 9.99. The molecule has 0 bridgehead atoms. The van der Waals surface area contributed by atoms with E-state index in [9.17, 15) is 9.59 Å². The standard InChI is InChI=1S/C13H15N3O2S/c1-3-13(2,12-14-6-7-19-12)16-11(18)9-4-5-10(17)15-8-9/h4-8H,3H2,1-2H3,(H,15,17)(H,16,18). The van der Waals surface area contributed by atoms with Crippen molar-refractivity contribution in [2.45, 2.75) is 25.8 Å². The van der Waals surface area contributed by atoms with Gasteiger partial charge in [-0.1, -0.05) is 6.92 Å². The van der Waals surface area contributed by atoms with Crippen LogP contribution in [0.25, 0.3) is 0 Å². The van der Waals surface area contributed by atoms with Crippen LogP contribution in [0, 0.1) is 0 Å². The summed E-state index contributed by atoms with van der Waals surface area (Å²) in [4.78, 5) is 29.9. The van der Waals surface area contributed by atoms with Crippen molar-refractivity contribution in [1.29, 1.82) is 0 Å². The van der Waals surface area contributed by atoms with Crippen molar-refractivity contribution >= 4 is 17.2 Å². The van der Waals surface area contributed by atoms with Crippen LogP contribution in [-0.4, -0.2) is 15.9 Å². The number of nitrogens with one attached hydrogen (secondary N) is 2. The highest BCUT2D eigenvalue weighted by atomic mass is 32.1. The third-order valence-corrected chi connectivity index (χ3v) is 4.08. The molecule has 1 amide bonds. The second-order valence-corrected chi connectivity index (χ2v) is 5.31. The first-order valence-corrected chi connectivity index (χ1v) is 6.84. The van der Waals surface area contributed by atoms with Gasteiger partial charge < -0.3 is 10.3 Å². The largest absolute Gasteiger partial charge is 0.340 e. The summed E-state index contributed by atoms with van der Waals surface area (Å²) in [6, 6.07) is 2.84. The van der Waals surface area contributed by atoms with Gasteiger partial charge in [0.2, 0.25) is 5.56 Å².